The molecule has 0 saturated heterocycles. The molecule has 3 heteroatoms. The maximum Gasteiger partial charge on any atom is 0.0633 e. The lowest BCUT2D eigenvalue weighted by molar-refractivity contribution is -0.0475. The zero-order chi connectivity index (χ0) is 20.5. The third kappa shape index (κ3) is 3.77. The van der Waals surface area contributed by atoms with E-state index in [0.717, 1.165) is 48.1 Å². The number of hydrogen-bond donors (Lipinski definition) is 2. The van der Waals surface area contributed by atoms with Crippen LogP contribution in [0.1, 0.15) is 98.8 Å². The van der Waals surface area contributed by atoms with Gasteiger partial charge in [0.25, 0.3) is 0 Å². The summed E-state index contributed by atoms with van der Waals surface area (Å²) in [5.41, 5.74) is 1.32. The Balaban J connectivity index is 1.75. The van der Waals surface area contributed by atoms with Crippen molar-refractivity contribution in [3.63, 3.8) is 0 Å². The normalized spacial score (nSPS) is 43.2. The molecule has 3 aliphatic rings. The van der Waals surface area contributed by atoms with Crippen LogP contribution in [-0.2, 0) is 0 Å². The predicted octanol–water partition coefficient (Wildman–Crippen LogP) is 6.52. The first kappa shape index (κ1) is 22.1. The Bertz CT molecular complexity index is 559. The van der Waals surface area contributed by atoms with Gasteiger partial charge in [0.2, 0.25) is 0 Å². The molecule has 7 atom stereocenters. The number of nitrogens with zero attached hydrogens (tertiary/aromatic N) is 1. The minimum Gasteiger partial charge on any atom is -0.411 e. The Kier molecular flexibility index (Phi) is 6.84. The van der Waals surface area contributed by atoms with Crippen LogP contribution in [0.5, 0.6) is 0 Å². The van der Waals surface area contributed by atoms with E-state index >= 15 is 0 Å². The molecular weight excluding hydrogens is 346 g/mol. The van der Waals surface area contributed by atoms with Gasteiger partial charge in [0.1, 0.15) is 0 Å². The van der Waals surface area contributed by atoms with Crippen LogP contribution in [0.4, 0.5) is 0 Å². The standard InChI is InChI=1S/C25H45NO2/c1-17(2)7-6-8-18(3)20-10-11-21-19-9-12-23(26-28)25(5,15-16-27)22(19)13-14-24(20,21)4/h17-22,27-28H,6-16H2,1-5H3/b26-23-/t18-,19+,20-,21+,22+,24-,25-/m1/s1. The van der Waals surface area contributed by atoms with Gasteiger partial charge in [-0.1, -0.05) is 59.0 Å². The van der Waals surface area contributed by atoms with E-state index in [1.807, 2.05) is 0 Å². The molecule has 0 unspecified atom stereocenters. The van der Waals surface area contributed by atoms with Crippen LogP contribution in [-0.4, -0.2) is 22.6 Å². The maximum atomic E-state index is 9.72. The highest BCUT2D eigenvalue weighted by Crippen LogP contribution is 2.65. The molecule has 0 aromatic rings. The first-order valence-electron chi connectivity index (χ1n) is 12.1. The SMILES string of the molecule is CC(C)CCC[C@@H](C)[C@H]1CC[C@H]2[C@@H]3CC/C(=N/O)[C@](C)(CCO)[C@H]3CC[C@]12C. The molecule has 0 aromatic heterocycles. The van der Waals surface area contributed by atoms with Gasteiger partial charge in [-0.2, -0.15) is 0 Å². The fourth-order valence-electron chi connectivity index (χ4n) is 8.03. The van der Waals surface area contributed by atoms with Gasteiger partial charge in [-0.3, -0.25) is 0 Å². The van der Waals surface area contributed by atoms with E-state index in [0.29, 0.717) is 11.3 Å². The number of hydrogen-bond acceptors (Lipinski definition) is 3. The summed E-state index contributed by atoms with van der Waals surface area (Å²) in [4.78, 5) is 0. The highest BCUT2D eigenvalue weighted by Gasteiger charge is 2.59. The monoisotopic (exact) mass is 391 g/mol. The molecular formula is C25H45NO2. The lowest BCUT2D eigenvalue weighted by Crippen LogP contribution is -2.53. The first-order valence-corrected chi connectivity index (χ1v) is 12.1. The molecule has 3 saturated carbocycles. The van der Waals surface area contributed by atoms with Crippen LogP contribution >= 0.6 is 0 Å². The predicted molar refractivity (Wildman–Crippen MR) is 117 cm³/mol. The van der Waals surface area contributed by atoms with Crippen LogP contribution < -0.4 is 0 Å². The topological polar surface area (TPSA) is 52.8 Å². The Labute approximate surface area is 173 Å². The maximum absolute atomic E-state index is 9.72. The van der Waals surface area contributed by atoms with E-state index in [9.17, 15) is 10.3 Å². The summed E-state index contributed by atoms with van der Waals surface area (Å²) in [6, 6.07) is 0. The third-order valence-electron chi connectivity index (χ3n) is 9.58. The summed E-state index contributed by atoms with van der Waals surface area (Å²) in [6.07, 6.45) is 12.3. The molecule has 3 fully saturated rings. The van der Waals surface area contributed by atoms with Gasteiger partial charge < -0.3 is 10.3 Å². The zero-order valence-electron chi connectivity index (χ0n) is 19.1. The Morgan fingerprint density at radius 2 is 1.79 bits per heavy atom. The van der Waals surface area contributed by atoms with E-state index in [1.54, 1.807) is 0 Å². The molecule has 0 aromatic carbocycles. The van der Waals surface area contributed by atoms with Crippen molar-refractivity contribution in [2.75, 3.05) is 6.61 Å². The Morgan fingerprint density at radius 3 is 2.43 bits per heavy atom. The van der Waals surface area contributed by atoms with Crippen molar-refractivity contribution in [3.8, 4) is 0 Å². The van der Waals surface area contributed by atoms with Gasteiger partial charge in [-0.05, 0) is 85.9 Å². The van der Waals surface area contributed by atoms with E-state index in [2.05, 4.69) is 39.8 Å². The van der Waals surface area contributed by atoms with Crippen molar-refractivity contribution < 1.29 is 10.3 Å². The Hall–Kier alpha value is -0.570. The minimum absolute atomic E-state index is 0.116. The van der Waals surface area contributed by atoms with E-state index < -0.39 is 0 Å². The smallest absolute Gasteiger partial charge is 0.0633 e. The second-order valence-corrected chi connectivity index (χ2v) is 11.4. The van der Waals surface area contributed by atoms with Crippen molar-refractivity contribution in [1.82, 2.24) is 0 Å². The van der Waals surface area contributed by atoms with Crippen LogP contribution in [0.2, 0.25) is 0 Å². The second kappa shape index (κ2) is 8.66. The van der Waals surface area contributed by atoms with E-state index in [-0.39, 0.29) is 12.0 Å². The molecule has 3 aliphatic carbocycles. The molecule has 0 heterocycles. The number of oxime groups is 1. The minimum atomic E-state index is -0.116. The lowest BCUT2D eigenvalue weighted by atomic mass is 9.48. The number of fused-ring (bicyclic) bond motifs is 3. The molecule has 3 rings (SSSR count). The molecule has 0 spiro atoms. The second-order valence-electron chi connectivity index (χ2n) is 11.4. The van der Waals surface area contributed by atoms with Crippen LogP contribution in [0.3, 0.4) is 0 Å². The lowest BCUT2D eigenvalue weighted by Gasteiger charge is -2.57. The van der Waals surface area contributed by atoms with Gasteiger partial charge in [0.15, 0.2) is 0 Å². The van der Waals surface area contributed by atoms with Crippen molar-refractivity contribution >= 4 is 5.71 Å². The molecule has 28 heavy (non-hydrogen) atoms. The fraction of sp³-hybridized carbons (Fsp3) is 0.960. The number of rotatable bonds is 7. The summed E-state index contributed by atoms with van der Waals surface area (Å²) in [5.74, 6) is 4.68. The third-order valence-corrected chi connectivity index (χ3v) is 9.58. The van der Waals surface area contributed by atoms with Crippen molar-refractivity contribution in [2.45, 2.75) is 98.8 Å². The number of aliphatic hydroxyl groups excluding tert-OH is 1. The van der Waals surface area contributed by atoms with Crippen molar-refractivity contribution in [3.05, 3.63) is 0 Å². The number of aliphatic hydroxyl groups is 1. The van der Waals surface area contributed by atoms with Gasteiger partial charge in [0.05, 0.1) is 5.71 Å². The summed E-state index contributed by atoms with van der Waals surface area (Å²) >= 11 is 0. The van der Waals surface area contributed by atoms with Crippen molar-refractivity contribution in [2.24, 2.45) is 51.5 Å². The summed E-state index contributed by atoms with van der Waals surface area (Å²) in [7, 11) is 0. The van der Waals surface area contributed by atoms with Gasteiger partial charge in [-0.15, -0.1) is 0 Å². The Morgan fingerprint density at radius 1 is 1.04 bits per heavy atom. The highest BCUT2D eigenvalue weighted by atomic mass is 16.4. The van der Waals surface area contributed by atoms with Crippen LogP contribution in [0, 0.1) is 46.3 Å². The molecule has 0 bridgehead atoms. The summed E-state index contributed by atoms with van der Waals surface area (Å²) in [5, 5.41) is 23.1. The molecule has 0 aliphatic heterocycles. The van der Waals surface area contributed by atoms with Crippen LogP contribution in [0.25, 0.3) is 0 Å². The average Bonchev–Trinajstić information content (AvgIpc) is 2.99. The quantitative estimate of drug-likeness (QED) is 0.383. The summed E-state index contributed by atoms with van der Waals surface area (Å²) in [6.45, 7) is 12.3. The van der Waals surface area contributed by atoms with Gasteiger partial charge in [0, 0.05) is 12.0 Å². The summed E-state index contributed by atoms with van der Waals surface area (Å²) < 4.78 is 0. The molecule has 0 radical (unpaired) electrons. The molecule has 0 amide bonds. The van der Waals surface area contributed by atoms with Gasteiger partial charge >= 0.3 is 0 Å². The zero-order valence-corrected chi connectivity index (χ0v) is 19.1. The van der Waals surface area contributed by atoms with E-state index in [4.69, 9.17) is 0 Å². The average molecular weight is 392 g/mol. The molecule has 162 valence electrons. The van der Waals surface area contributed by atoms with Crippen LogP contribution in [0.15, 0.2) is 5.16 Å². The molecule has 2 N–H and O–H groups in total. The molecule has 3 nitrogen and oxygen atoms in total. The fourth-order valence-corrected chi connectivity index (χ4v) is 8.03. The van der Waals surface area contributed by atoms with E-state index in [1.165, 1.54) is 51.4 Å². The van der Waals surface area contributed by atoms with Gasteiger partial charge in [-0.25, -0.2) is 0 Å². The van der Waals surface area contributed by atoms with Crippen molar-refractivity contribution in [1.29, 1.82) is 0 Å². The highest BCUT2D eigenvalue weighted by molar-refractivity contribution is 5.90. The largest absolute Gasteiger partial charge is 0.411 e. The first-order chi connectivity index (χ1) is 13.3.